The average Bonchev–Trinajstić information content (AvgIpc) is 2.89. The highest BCUT2D eigenvalue weighted by Crippen LogP contribution is 2.66. The van der Waals surface area contributed by atoms with E-state index in [1.165, 1.54) is 12.8 Å². The van der Waals surface area contributed by atoms with Gasteiger partial charge in [0.2, 0.25) is 0 Å². The molecule has 4 aliphatic rings. The minimum absolute atomic E-state index is 0.0522. The van der Waals surface area contributed by atoms with Gasteiger partial charge in [-0.05, 0) is 88.4 Å². The second kappa shape index (κ2) is 6.27. The summed E-state index contributed by atoms with van der Waals surface area (Å²) >= 11 is 0. The van der Waals surface area contributed by atoms with Crippen molar-refractivity contribution in [2.45, 2.75) is 104 Å². The summed E-state index contributed by atoms with van der Waals surface area (Å²) in [5.41, 5.74) is -0.215. The molecule has 1 N–H and O–H groups in total. The van der Waals surface area contributed by atoms with Crippen LogP contribution in [-0.4, -0.2) is 22.3 Å². The predicted octanol–water partition coefficient (Wildman–Crippen LogP) is 5.03. The molecule has 0 amide bonds. The summed E-state index contributed by atoms with van der Waals surface area (Å²) in [4.78, 5) is 23.6. The SMILES string of the molecule is CC(C)(C)OO[C@@]1(O)CC[C@@]2(C)[C@H](CC[C@@H]3[C@@H]2CC[C@]2(C)C(=O)CC[C@@H]32)C1. The van der Waals surface area contributed by atoms with Crippen molar-refractivity contribution in [2.24, 2.45) is 34.5 Å². The Labute approximate surface area is 164 Å². The summed E-state index contributed by atoms with van der Waals surface area (Å²) in [5, 5.41) is 11.0. The molecule has 0 aromatic rings. The minimum atomic E-state index is -1.16. The third-order valence-corrected chi connectivity index (χ3v) is 8.84. The summed E-state index contributed by atoms with van der Waals surface area (Å²) < 4.78 is 0. The largest absolute Gasteiger partial charge is 0.363 e. The van der Waals surface area contributed by atoms with Gasteiger partial charge in [-0.2, -0.15) is 0 Å². The first-order valence-corrected chi connectivity index (χ1v) is 11.1. The molecule has 7 atom stereocenters. The fraction of sp³-hybridized carbons (Fsp3) is 0.957. The second-order valence-corrected chi connectivity index (χ2v) is 11.5. The number of Topliss-reactive ketones (excluding diaryl/α,β-unsaturated/α-hetero) is 1. The summed E-state index contributed by atoms with van der Waals surface area (Å²) in [7, 11) is 0. The van der Waals surface area contributed by atoms with Crippen LogP contribution >= 0.6 is 0 Å². The van der Waals surface area contributed by atoms with E-state index in [-0.39, 0.29) is 10.8 Å². The Kier molecular flexibility index (Phi) is 4.61. The van der Waals surface area contributed by atoms with Crippen molar-refractivity contribution in [3.63, 3.8) is 0 Å². The Morgan fingerprint density at radius 3 is 2.44 bits per heavy atom. The van der Waals surface area contributed by atoms with Gasteiger partial charge in [-0.1, -0.05) is 13.8 Å². The van der Waals surface area contributed by atoms with Crippen LogP contribution in [0.25, 0.3) is 0 Å². The Balaban J connectivity index is 1.50. The normalized spacial score (nSPS) is 50.1. The van der Waals surface area contributed by atoms with Crippen LogP contribution < -0.4 is 0 Å². The van der Waals surface area contributed by atoms with E-state index < -0.39 is 11.4 Å². The molecule has 27 heavy (non-hydrogen) atoms. The zero-order valence-electron chi connectivity index (χ0n) is 17.8. The van der Waals surface area contributed by atoms with Gasteiger partial charge in [-0.25, -0.2) is 9.78 Å². The van der Waals surface area contributed by atoms with Gasteiger partial charge in [0.25, 0.3) is 0 Å². The van der Waals surface area contributed by atoms with Crippen molar-refractivity contribution in [2.75, 3.05) is 0 Å². The van der Waals surface area contributed by atoms with E-state index >= 15 is 0 Å². The Morgan fingerprint density at radius 2 is 1.74 bits per heavy atom. The highest BCUT2D eigenvalue weighted by Gasteiger charge is 2.61. The molecule has 0 spiro atoms. The van der Waals surface area contributed by atoms with E-state index in [0.717, 1.165) is 32.1 Å². The number of carbonyl (C=O) groups is 1. The maximum absolute atomic E-state index is 12.5. The zero-order chi connectivity index (χ0) is 19.7. The van der Waals surface area contributed by atoms with Crippen LogP contribution in [0.2, 0.25) is 0 Å². The topological polar surface area (TPSA) is 55.8 Å². The lowest BCUT2D eigenvalue weighted by molar-refractivity contribution is -0.463. The number of rotatable bonds is 2. The van der Waals surface area contributed by atoms with Crippen molar-refractivity contribution in [1.29, 1.82) is 0 Å². The van der Waals surface area contributed by atoms with Gasteiger partial charge in [0.15, 0.2) is 5.79 Å². The molecule has 0 aromatic carbocycles. The Morgan fingerprint density at radius 1 is 1.00 bits per heavy atom. The van der Waals surface area contributed by atoms with Crippen LogP contribution in [0.3, 0.4) is 0 Å². The number of ketones is 1. The summed E-state index contributed by atoms with van der Waals surface area (Å²) in [5.74, 6) is 1.80. The van der Waals surface area contributed by atoms with E-state index in [0.29, 0.717) is 42.3 Å². The lowest BCUT2D eigenvalue weighted by atomic mass is 9.45. The maximum atomic E-state index is 12.5. The molecule has 4 rings (SSSR count). The Bertz CT molecular complexity index is 610. The van der Waals surface area contributed by atoms with Gasteiger partial charge in [0.1, 0.15) is 5.78 Å². The molecule has 0 saturated heterocycles. The first-order chi connectivity index (χ1) is 12.5. The third kappa shape index (κ3) is 3.20. The lowest BCUT2D eigenvalue weighted by Gasteiger charge is -2.61. The second-order valence-electron chi connectivity index (χ2n) is 11.5. The van der Waals surface area contributed by atoms with Crippen LogP contribution in [0.4, 0.5) is 0 Å². The highest BCUT2D eigenvalue weighted by atomic mass is 17.2. The standard InChI is InChI=1S/C23H38O4/c1-20(2,3)26-27-23(25)13-12-21(4)15(14-23)6-7-16-17-8-9-19(24)22(17,5)11-10-18(16)21/h15-18,25H,6-14H2,1-5H3/t15-,16+,17+,18+,21+,22+,23+/m1/s1. The lowest BCUT2D eigenvalue weighted by Crippen LogP contribution is -2.56. The molecule has 154 valence electrons. The van der Waals surface area contributed by atoms with E-state index in [4.69, 9.17) is 9.78 Å². The van der Waals surface area contributed by atoms with E-state index in [1.54, 1.807) is 0 Å². The van der Waals surface area contributed by atoms with Crippen LogP contribution in [0.1, 0.15) is 92.4 Å². The molecule has 0 aliphatic heterocycles. The minimum Gasteiger partial charge on any atom is -0.363 e. The molecule has 4 fully saturated rings. The molecule has 4 aliphatic carbocycles. The van der Waals surface area contributed by atoms with Crippen LogP contribution in [0, 0.1) is 34.5 Å². The number of carbonyl (C=O) groups excluding carboxylic acids is 1. The third-order valence-electron chi connectivity index (χ3n) is 8.84. The molecule has 0 radical (unpaired) electrons. The fourth-order valence-electron chi connectivity index (χ4n) is 7.26. The van der Waals surface area contributed by atoms with Gasteiger partial charge in [-0.3, -0.25) is 4.79 Å². The molecule has 4 nitrogen and oxygen atoms in total. The molecule has 0 unspecified atom stereocenters. The summed E-state index contributed by atoms with van der Waals surface area (Å²) in [6.07, 6.45) is 8.77. The molecule has 0 bridgehead atoms. The van der Waals surface area contributed by atoms with Crippen molar-refractivity contribution in [3.05, 3.63) is 0 Å². The molecular weight excluding hydrogens is 340 g/mol. The monoisotopic (exact) mass is 378 g/mol. The van der Waals surface area contributed by atoms with Gasteiger partial charge >= 0.3 is 0 Å². The fourth-order valence-corrected chi connectivity index (χ4v) is 7.26. The number of fused-ring (bicyclic) bond motifs is 5. The summed E-state index contributed by atoms with van der Waals surface area (Å²) in [6.45, 7) is 10.5. The number of hydrogen-bond acceptors (Lipinski definition) is 4. The number of aliphatic hydroxyl groups is 1. The maximum Gasteiger partial charge on any atom is 0.199 e. The average molecular weight is 379 g/mol. The Hall–Kier alpha value is -0.450. The van der Waals surface area contributed by atoms with Crippen molar-refractivity contribution in [1.82, 2.24) is 0 Å². The van der Waals surface area contributed by atoms with Crippen LogP contribution in [-0.2, 0) is 14.6 Å². The van der Waals surface area contributed by atoms with Crippen molar-refractivity contribution < 1.29 is 19.7 Å². The van der Waals surface area contributed by atoms with Crippen LogP contribution in [0.15, 0.2) is 0 Å². The molecule has 4 saturated carbocycles. The molecular formula is C23H38O4. The first-order valence-electron chi connectivity index (χ1n) is 11.1. The van der Waals surface area contributed by atoms with E-state index in [1.807, 2.05) is 20.8 Å². The molecule has 4 heteroatoms. The van der Waals surface area contributed by atoms with Gasteiger partial charge in [0.05, 0.1) is 5.60 Å². The van der Waals surface area contributed by atoms with Gasteiger partial charge < -0.3 is 5.11 Å². The molecule has 0 aromatic heterocycles. The summed E-state index contributed by atoms with van der Waals surface area (Å²) in [6, 6.07) is 0. The van der Waals surface area contributed by atoms with Gasteiger partial charge in [-0.15, -0.1) is 0 Å². The van der Waals surface area contributed by atoms with Crippen molar-refractivity contribution >= 4 is 5.78 Å². The number of hydrogen-bond donors (Lipinski definition) is 1. The zero-order valence-corrected chi connectivity index (χ0v) is 17.8. The van der Waals surface area contributed by atoms with Crippen molar-refractivity contribution in [3.8, 4) is 0 Å². The van der Waals surface area contributed by atoms with Gasteiger partial charge in [0, 0.05) is 24.7 Å². The first kappa shape index (κ1) is 19.8. The van der Waals surface area contributed by atoms with E-state index in [2.05, 4.69) is 13.8 Å². The van der Waals surface area contributed by atoms with Crippen LogP contribution in [0.5, 0.6) is 0 Å². The quantitative estimate of drug-likeness (QED) is 0.416. The van der Waals surface area contributed by atoms with E-state index in [9.17, 15) is 9.90 Å². The highest BCUT2D eigenvalue weighted by molar-refractivity contribution is 5.87. The predicted molar refractivity (Wildman–Crippen MR) is 104 cm³/mol. The smallest absolute Gasteiger partial charge is 0.199 e. The molecule has 0 heterocycles.